The van der Waals surface area contributed by atoms with Crippen LogP contribution in [0.25, 0.3) is 0 Å². The van der Waals surface area contributed by atoms with Crippen molar-refractivity contribution in [2.24, 2.45) is 11.8 Å². The summed E-state index contributed by atoms with van der Waals surface area (Å²) in [5.41, 5.74) is -0.430. The predicted molar refractivity (Wildman–Crippen MR) is 75.1 cm³/mol. The highest BCUT2D eigenvalue weighted by Gasteiger charge is 2.54. The molecule has 1 saturated heterocycles. The van der Waals surface area contributed by atoms with Gasteiger partial charge in [0, 0.05) is 18.3 Å². The predicted octanol–water partition coefficient (Wildman–Crippen LogP) is 4.08. The van der Waals surface area contributed by atoms with Gasteiger partial charge in [-0.25, -0.2) is 4.39 Å². The number of halogens is 1. The molecule has 0 aromatic heterocycles. The molecule has 0 radical (unpaired) electrons. The van der Waals surface area contributed by atoms with Crippen LogP contribution in [0.5, 0.6) is 0 Å². The van der Waals surface area contributed by atoms with Gasteiger partial charge in [-0.1, -0.05) is 19.8 Å². The van der Waals surface area contributed by atoms with Gasteiger partial charge in [0.2, 0.25) is 0 Å². The normalized spacial score (nSPS) is 35.0. The van der Waals surface area contributed by atoms with E-state index >= 15 is 0 Å². The number of esters is 1. The summed E-state index contributed by atoms with van der Waals surface area (Å²) in [6.07, 6.45) is 5.36. The maximum atomic E-state index is 13.6. The summed E-state index contributed by atoms with van der Waals surface area (Å²) in [4.78, 5) is 11.4. The molecule has 1 aliphatic carbocycles. The number of fused-ring (bicyclic) bond motifs is 1. The maximum absolute atomic E-state index is 13.6. The van der Waals surface area contributed by atoms with Gasteiger partial charge in [0.25, 0.3) is 0 Å². The summed E-state index contributed by atoms with van der Waals surface area (Å²) in [5.74, 6) is 0.0577. The van der Waals surface area contributed by atoms with Crippen LogP contribution in [0.15, 0.2) is 11.8 Å². The number of hydrogen-bond donors (Lipinski definition) is 1. The van der Waals surface area contributed by atoms with Crippen LogP contribution < -0.4 is 0 Å². The number of unbranched alkanes of at least 4 members (excludes halogenated alkanes) is 1. The van der Waals surface area contributed by atoms with Gasteiger partial charge in [0.05, 0.1) is 12.2 Å². The van der Waals surface area contributed by atoms with Gasteiger partial charge < -0.3 is 9.84 Å². The Balaban J connectivity index is 1.92. The third-order valence-electron chi connectivity index (χ3n) is 4.79. The van der Waals surface area contributed by atoms with E-state index in [1.165, 1.54) is 0 Å². The standard InChI is InChI=1S/C16H25FO3/c1-3-4-5-11(17)6-7-14(18)12-8-9-16(2)13(12)10-15(19)20-16/h7,11-13,18H,3-6,8-10H2,1-2H3/t11?,12-,13+,16+/m0/s1. The molecule has 1 unspecified atom stereocenters. The van der Waals surface area contributed by atoms with E-state index in [0.29, 0.717) is 12.8 Å². The van der Waals surface area contributed by atoms with E-state index in [9.17, 15) is 14.3 Å². The summed E-state index contributed by atoms with van der Waals surface area (Å²) in [6, 6.07) is 0. The van der Waals surface area contributed by atoms with Crippen LogP contribution >= 0.6 is 0 Å². The molecule has 0 bridgehead atoms. The highest BCUT2D eigenvalue weighted by atomic mass is 19.1. The number of alkyl halides is 1. The smallest absolute Gasteiger partial charge is 0.306 e. The monoisotopic (exact) mass is 284 g/mol. The Morgan fingerprint density at radius 1 is 1.65 bits per heavy atom. The molecule has 4 heteroatoms. The van der Waals surface area contributed by atoms with Crippen molar-refractivity contribution in [1.29, 1.82) is 0 Å². The highest BCUT2D eigenvalue weighted by Crippen LogP contribution is 2.51. The number of aliphatic hydroxyl groups excluding tert-OH is 1. The maximum Gasteiger partial charge on any atom is 0.306 e. The zero-order valence-corrected chi connectivity index (χ0v) is 12.4. The molecular weight excluding hydrogens is 259 g/mol. The van der Waals surface area contributed by atoms with Gasteiger partial charge in [-0.05, 0) is 32.3 Å². The van der Waals surface area contributed by atoms with E-state index < -0.39 is 11.8 Å². The Labute approximate surface area is 120 Å². The van der Waals surface area contributed by atoms with Crippen LogP contribution in [-0.2, 0) is 9.53 Å². The fourth-order valence-electron chi connectivity index (χ4n) is 3.52. The first-order valence-corrected chi connectivity index (χ1v) is 7.71. The van der Waals surface area contributed by atoms with E-state index in [-0.39, 0.29) is 30.0 Å². The fraction of sp³-hybridized carbons (Fsp3) is 0.812. The van der Waals surface area contributed by atoms with Gasteiger partial charge in [-0.3, -0.25) is 4.79 Å². The van der Waals surface area contributed by atoms with Gasteiger partial charge in [0.15, 0.2) is 0 Å². The molecule has 2 fully saturated rings. The Morgan fingerprint density at radius 3 is 3.10 bits per heavy atom. The van der Waals surface area contributed by atoms with Crippen molar-refractivity contribution in [1.82, 2.24) is 0 Å². The second-order valence-electron chi connectivity index (χ2n) is 6.35. The van der Waals surface area contributed by atoms with Gasteiger partial charge >= 0.3 is 5.97 Å². The van der Waals surface area contributed by atoms with Crippen LogP contribution in [0.1, 0.15) is 58.8 Å². The summed E-state index contributed by atoms with van der Waals surface area (Å²) in [6.45, 7) is 3.98. The second-order valence-corrected chi connectivity index (χ2v) is 6.35. The quantitative estimate of drug-likeness (QED) is 0.590. The van der Waals surface area contributed by atoms with Gasteiger partial charge in [0.1, 0.15) is 11.8 Å². The van der Waals surface area contributed by atoms with E-state index in [0.717, 1.165) is 25.7 Å². The number of allylic oxidation sites excluding steroid dienone is 2. The molecule has 114 valence electrons. The van der Waals surface area contributed by atoms with Crippen molar-refractivity contribution < 1.29 is 19.0 Å². The fourth-order valence-corrected chi connectivity index (χ4v) is 3.52. The summed E-state index contributed by atoms with van der Waals surface area (Å²) in [5, 5.41) is 10.2. The lowest BCUT2D eigenvalue weighted by molar-refractivity contribution is -0.147. The average molecular weight is 284 g/mol. The lowest BCUT2D eigenvalue weighted by atomic mass is 9.85. The molecule has 0 aromatic rings. The molecular formula is C16H25FO3. The molecule has 1 saturated carbocycles. The lowest BCUT2D eigenvalue weighted by Gasteiger charge is -2.24. The molecule has 1 N–H and O–H groups in total. The highest BCUT2D eigenvalue weighted by molar-refractivity contribution is 5.73. The Bertz CT molecular complexity index is 393. The first kappa shape index (κ1) is 15.3. The number of ether oxygens (including phenoxy) is 1. The van der Waals surface area contributed by atoms with Crippen molar-refractivity contribution >= 4 is 5.97 Å². The largest absolute Gasteiger partial charge is 0.512 e. The zero-order valence-electron chi connectivity index (χ0n) is 12.4. The Hall–Kier alpha value is -1.06. The number of carbonyl (C=O) groups excluding carboxylic acids is 1. The van der Waals surface area contributed by atoms with Gasteiger partial charge in [-0.15, -0.1) is 0 Å². The van der Waals surface area contributed by atoms with Crippen molar-refractivity contribution in [3.63, 3.8) is 0 Å². The molecule has 3 nitrogen and oxygen atoms in total. The summed E-state index contributed by atoms with van der Waals surface area (Å²) in [7, 11) is 0. The van der Waals surface area contributed by atoms with Crippen LogP contribution in [0.3, 0.4) is 0 Å². The molecule has 2 rings (SSSR count). The van der Waals surface area contributed by atoms with E-state index in [4.69, 9.17) is 4.74 Å². The van der Waals surface area contributed by atoms with Crippen LogP contribution in [0, 0.1) is 11.8 Å². The van der Waals surface area contributed by atoms with Crippen molar-refractivity contribution in [2.45, 2.75) is 70.6 Å². The first-order chi connectivity index (χ1) is 9.46. The molecule has 1 heterocycles. The molecule has 20 heavy (non-hydrogen) atoms. The van der Waals surface area contributed by atoms with Crippen LogP contribution in [0.4, 0.5) is 4.39 Å². The van der Waals surface area contributed by atoms with Crippen LogP contribution in [0.2, 0.25) is 0 Å². The first-order valence-electron chi connectivity index (χ1n) is 7.71. The average Bonchev–Trinajstić information content (AvgIpc) is 2.85. The Kier molecular flexibility index (Phi) is 4.71. The lowest BCUT2D eigenvalue weighted by Crippen LogP contribution is -2.28. The SMILES string of the molecule is CCCCC(F)CC=C(O)[C@H]1CC[C@@]2(C)OC(=O)C[C@H]12. The van der Waals surface area contributed by atoms with Crippen molar-refractivity contribution in [2.75, 3.05) is 0 Å². The topological polar surface area (TPSA) is 46.5 Å². The third-order valence-corrected chi connectivity index (χ3v) is 4.79. The minimum atomic E-state index is -0.883. The van der Waals surface area contributed by atoms with E-state index in [1.54, 1.807) is 6.08 Å². The van der Waals surface area contributed by atoms with Crippen LogP contribution in [-0.4, -0.2) is 22.8 Å². The number of rotatable bonds is 6. The van der Waals surface area contributed by atoms with Crippen molar-refractivity contribution in [3.05, 3.63) is 11.8 Å². The number of aliphatic hydroxyl groups is 1. The molecule has 0 aromatic carbocycles. The van der Waals surface area contributed by atoms with Gasteiger partial charge in [-0.2, -0.15) is 0 Å². The molecule has 2 aliphatic rings. The molecule has 0 spiro atoms. The summed E-state index contributed by atoms with van der Waals surface area (Å²) >= 11 is 0. The van der Waals surface area contributed by atoms with Crippen molar-refractivity contribution in [3.8, 4) is 0 Å². The molecule has 4 atom stereocenters. The van der Waals surface area contributed by atoms with E-state index in [2.05, 4.69) is 0 Å². The molecule has 1 aliphatic heterocycles. The van der Waals surface area contributed by atoms with E-state index in [1.807, 2.05) is 13.8 Å². The number of hydrogen-bond acceptors (Lipinski definition) is 3. The minimum Gasteiger partial charge on any atom is -0.512 e. The molecule has 0 amide bonds. The minimum absolute atomic E-state index is 0.0416. The zero-order chi connectivity index (χ0) is 14.8. The second kappa shape index (κ2) is 6.15. The third kappa shape index (κ3) is 3.15. The number of carbonyl (C=O) groups is 1. The Morgan fingerprint density at radius 2 is 2.40 bits per heavy atom. The summed E-state index contributed by atoms with van der Waals surface area (Å²) < 4.78 is 19.0.